The maximum Gasteiger partial charge on any atom is 0.220 e. The van der Waals surface area contributed by atoms with Gasteiger partial charge in [0.25, 0.3) is 0 Å². The molecule has 2 N–H and O–H groups in total. The van der Waals surface area contributed by atoms with Crippen LogP contribution in [0.4, 0.5) is 0 Å². The largest absolute Gasteiger partial charge is 0.354 e. The highest BCUT2D eigenvalue weighted by molar-refractivity contribution is 5.77. The van der Waals surface area contributed by atoms with Crippen molar-refractivity contribution >= 4 is 16.9 Å². The van der Waals surface area contributed by atoms with Crippen LogP contribution in [0, 0.1) is 5.92 Å². The molecule has 2 rings (SSSR count). The van der Waals surface area contributed by atoms with Crippen LogP contribution in [0.2, 0.25) is 0 Å². The van der Waals surface area contributed by atoms with Gasteiger partial charge in [-0.3, -0.25) is 4.79 Å². The van der Waals surface area contributed by atoms with E-state index >= 15 is 0 Å². The molecule has 1 atom stereocenters. The number of amides is 1. The Kier molecular flexibility index (Phi) is 5.99. The summed E-state index contributed by atoms with van der Waals surface area (Å²) in [5.41, 5.74) is 1.99. The van der Waals surface area contributed by atoms with Crippen molar-refractivity contribution in [1.29, 1.82) is 0 Å². The lowest BCUT2D eigenvalue weighted by molar-refractivity contribution is -0.121. The number of carbonyl (C=O) groups is 1. The molecule has 1 aromatic heterocycles. The van der Waals surface area contributed by atoms with Crippen molar-refractivity contribution in [1.82, 2.24) is 15.3 Å². The van der Waals surface area contributed by atoms with Gasteiger partial charge in [-0.2, -0.15) is 0 Å². The topological polar surface area (TPSA) is 57.8 Å². The number of nitrogens with one attached hydrogen (secondary N) is 2. The van der Waals surface area contributed by atoms with Crippen LogP contribution in [0.1, 0.15) is 52.3 Å². The van der Waals surface area contributed by atoms with E-state index in [4.69, 9.17) is 0 Å². The van der Waals surface area contributed by atoms with Gasteiger partial charge >= 0.3 is 0 Å². The third-order valence-corrected chi connectivity index (χ3v) is 3.85. The molecule has 0 aliphatic rings. The Labute approximate surface area is 132 Å². The summed E-state index contributed by atoms with van der Waals surface area (Å²) in [6, 6.07) is 8.19. The molecule has 4 nitrogen and oxygen atoms in total. The standard InChI is InChI=1S/C18H27N3O/c1-13(2)7-6-8-14(3)19-18(22)12-11-17-20-15-9-4-5-10-16(15)21-17/h4-5,9-10,13-14H,6-8,11-12H2,1-3H3,(H,19,22)(H,20,21). The van der Waals surface area contributed by atoms with Gasteiger partial charge in [0.2, 0.25) is 5.91 Å². The van der Waals surface area contributed by atoms with E-state index in [1.807, 2.05) is 24.3 Å². The molecule has 120 valence electrons. The van der Waals surface area contributed by atoms with Crippen molar-refractivity contribution in [2.75, 3.05) is 0 Å². The first-order chi connectivity index (χ1) is 10.5. The van der Waals surface area contributed by atoms with Gasteiger partial charge in [0, 0.05) is 18.9 Å². The zero-order valence-electron chi connectivity index (χ0n) is 13.9. The average Bonchev–Trinajstić information content (AvgIpc) is 2.87. The van der Waals surface area contributed by atoms with Crippen LogP contribution in [0.3, 0.4) is 0 Å². The van der Waals surface area contributed by atoms with Gasteiger partial charge in [-0.1, -0.05) is 38.8 Å². The Balaban J connectivity index is 1.73. The van der Waals surface area contributed by atoms with E-state index < -0.39 is 0 Å². The van der Waals surface area contributed by atoms with Crippen LogP contribution >= 0.6 is 0 Å². The fourth-order valence-corrected chi connectivity index (χ4v) is 2.61. The third-order valence-electron chi connectivity index (χ3n) is 3.85. The summed E-state index contributed by atoms with van der Waals surface area (Å²) in [6.45, 7) is 6.55. The van der Waals surface area contributed by atoms with E-state index in [0.29, 0.717) is 12.8 Å². The van der Waals surface area contributed by atoms with Crippen LogP contribution in [-0.4, -0.2) is 21.9 Å². The third kappa shape index (κ3) is 5.17. The van der Waals surface area contributed by atoms with E-state index in [2.05, 4.69) is 36.1 Å². The Morgan fingerprint density at radius 3 is 2.73 bits per heavy atom. The molecule has 1 unspecified atom stereocenters. The van der Waals surface area contributed by atoms with E-state index in [-0.39, 0.29) is 11.9 Å². The molecule has 1 amide bonds. The molecule has 22 heavy (non-hydrogen) atoms. The number of imidazole rings is 1. The van der Waals surface area contributed by atoms with Crippen molar-refractivity contribution < 1.29 is 4.79 Å². The predicted octanol–water partition coefficient (Wildman–Crippen LogP) is 3.83. The summed E-state index contributed by atoms with van der Waals surface area (Å²) in [5.74, 6) is 1.72. The molecule has 0 bridgehead atoms. The number of hydrogen-bond acceptors (Lipinski definition) is 2. The molecule has 1 heterocycles. The molecule has 2 aromatic rings. The molecule has 0 saturated carbocycles. The summed E-state index contributed by atoms with van der Waals surface area (Å²) in [5, 5.41) is 3.08. The Hall–Kier alpha value is -1.84. The monoisotopic (exact) mass is 301 g/mol. The number of para-hydroxylation sites is 2. The second-order valence-corrected chi connectivity index (χ2v) is 6.49. The second kappa shape index (κ2) is 7.97. The van der Waals surface area contributed by atoms with Crippen molar-refractivity contribution in [2.24, 2.45) is 5.92 Å². The predicted molar refractivity (Wildman–Crippen MR) is 90.7 cm³/mol. The molecule has 0 aliphatic carbocycles. The fourth-order valence-electron chi connectivity index (χ4n) is 2.61. The SMILES string of the molecule is CC(C)CCCC(C)NC(=O)CCc1nc2ccccc2[nH]1. The first-order valence-corrected chi connectivity index (χ1v) is 8.27. The van der Waals surface area contributed by atoms with Crippen LogP contribution < -0.4 is 5.32 Å². The minimum absolute atomic E-state index is 0.109. The molecule has 0 aliphatic heterocycles. The smallest absolute Gasteiger partial charge is 0.220 e. The number of aryl methyl sites for hydroxylation is 1. The zero-order valence-corrected chi connectivity index (χ0v) is 13.9. The lowest BCUT2D eigenvalue weighted by Crippen LogP contribution is -2.32. The van der Waals surface area contributed by atoms with E-state index in [0.717, 1.165) is 29.2 Å². The van der Waals surface area contributed by atoms with Gasteiger partial charge in [0.05, 0.1) is 11.0 Å². The first kappa shape index (κ1) is 16.5. The number of hydrogen-bond donors (Lipinski definition) is 2. The lowest BCUT2D eigenvalue weighted by atomic mass is 10.0. The maximum atomic E-state index is 12.0. The Morgan fingerprint density at radius 2 is 2.00 bits per heavy atom. The summed E-state index contributed by atoms with van der Waals surface area (Å²) in [6.07, 6.45) is 4.57. The summed E-state index contributed by atoms with van der Waals surface area (Å²) in [7, 11) is 0. The van der Waals surface area contributed by atoms with Crippen LogP contribution in [-0.2, 0) is 11.2 Å². The summed E-state index contributed by atoms with van der Waals surface area (Å²) < 4.78 is 0. The van der Waals surface area contributed by atoms with Crippen LogP contribution in [0.5, 0.6) is 0 Å². The highest BCUT2D eigenvalue weighted by atomic mass is 16.1. The van der Waals surface area contributed by atoms with Gasteiger partial charge in [-0.05, 0) is 31.4 Å². The fraction of sp³-hybridized carbons (Fsp3) is 0.556. The highest BCUT2D eigenvalue weighted by Gasteiger charge is 2.09. The number of fused-ring (bicyclic) bond motifs is 1. The molecular formula is C18H27N3O. The quantitative estimate of drug-likeness (QED) is 0.778. The zero-order chi connectivity index (χ0) is 15.9. The average molecular weight is 301 g/mol. The lowest BCUT2D eigenvalue weighted by Gasteiger charge is -2.14. The van der Waals surface area contributed by atoms with Gasteiger partial charge in [0.1, 0.15) is 5.82 Å². The molecule has 0 fully saturated rings. The van der Waals surface area contributed by atoms with E-state index in [9.17, 15) is 4.79 Å². The molecule has 0 radical (unpaired) electrons. The van der Waals surface area contributed by atoms with Gasteiger partial charge < -0.3 is 10.3 Å². The minimum atomic E-state index is 0.109. The number of nitrogens with zero attached hydrogens (tertiary/aromatic N) is 1. The number of H-pyrrole nitrogens is 1. The van der Waals surface area contributed by atoms with Gasteiger partial charge in [0.15, 0.2) is 0 Å². The Morgan fingerprint density at radius 1 is 1.23 bits per heavy atom. The molecule has 4 heteroatoms. The highest BCUT2D eigenvalue weighted by Crippen LogP contribution is 2.12. The van der Waals surface area contributed by atoms with Crippen molar-refractivity contribution in [3.63, 3.8) is 0 Å². The second-order valence-electron chi connectivity index (χ2n) is 6.49. The number of benzene rings is 1. The van der Waals surface area contributed by atoms with Crippen molar-refractivity contribution in [3.8, 4) is 0 Å². The molecular weight excluding hydrogens is 274 g/mol. The number of aromatic nitrogens is 2. The molecule has 0 spiro atoms. The maximum absolute atomic E-state index is 12.0. The number of rotatable bonds is 8. The number of aromatic amines is 1. The van der Waals surface area contributed by atoms with Gasteiger partial charge in [-0.25, -0.2) is 4.98 Å². The van der Waals surface area contributed by atoms with Crippen LogP contribution in [0.15, 0.2) is 24.3 Å². The van der Waals surface area contributed by atoms with Crippen molar-refractivity contribution in [2.45, 2.75) is 58.9 Å². The van der Waals surface area contributed by atoms with Gasteiger partial charge in [-0.15, -0.1) is 0 Å². The van der Waals surface area contributed by atoms with E-state index in [1.54, 1.807) is 0 Å². The summed E-state index contributed by atoms with van der Waals surface area (Å²) >= 11 is 0. The number of carbonyl (C=O) groups excluding carboxylic acids is 1. The normalized spacial score (nSPS) is 12.7. The summed E-state index contributed by atoms with van der Waals surface area (Å²) in [4.78, 5) is 19.7. The molecule has 0 saturated heterocycles. The minimum Gasteiger partial charge on any atom is -0.354 e. The molecule has 1 aromatic carbocycles. The first-order valence-electron chi connectivity index (χ1n) is 8.27. The van der Waals surface area contributed by atoms with Crippen molar-refractivity contribution in [3.05, 3.63) is 30.1 Å². The Bertz CT molecular complexity index is 570. The van der Waals surface area contributed by atoms with Crippen LogP contribution in [0.25, 0.3) is 11.0 Å². The van der Waals surface area contributed by atoms with E-state index in [1.165, 1.54) is 12.8 Å².